The van der Waals surface area contributed by atoms with Gasteiger partial charge in [0.05, 0.1) is 5.41 Å². The van der Waals surface area contributed by atoms with Crippen LogP contribution in [-0.2, 0) is 10.8 Å². The molecule has 5 aromatic rings. The smallest absolute Gasteiger partial charge is 0.0728 e. The zero-order chi connectivity index (χ0) is 23.8. The van der Waals surface area contributed by atoms with Gasteiger partial charge in [-0.1, -0.05) is 129 Å². The van der Waals surface area contributed by atoms with Crippen LogP contribution in [0.1, 0.15) is 47.2 Å². The fraction of sp³-hybridized carbons (Fsp3) is 0.118. The Labute approximate surface area is 211 Å². The second kappa shape index (κ2) is 7.20. The maximum Gasteiger partial charge on any atom is 0.0728 e. The van der Waals surface area contributed by atoms with Crippen LogP contribution in [0.15, 0.2) is 115 Å². The van der Waals surface area contributed by atoms with Crippen LogP contribution >= 0.6 is 11.6 Å². The van der Waals surface area contributed by atoms with Gasteiger partial charge in [0.15, 0.2) is 0 Å². The van der Waals surface area contributed by atoms with Crippen molar-refractivity contribution in [1.82, 2.24) is 0 Å². The summed E-state index contributed by atoms with van der Waals surface area (Å²) < 4.78 is 0. The quantitative estimate of drug-likeness (QED) is 0.238. The van der Waals surface area contributed by atoms with Crippen molar-refractivity contribution in [2.75, 3.05) is 0 Å². The Kier molecular flexibility index (Phi) is 4.26. The Bertz CT molecular complexity index is 1580. The minimum absolute atomic E-state index is 0.0838. The third-order valence-electron chi connectivity index (χ3n) is 8.23. The van der Waals surface area contributed by atoms with Crippen molar-refractivity contribution in [3.8, 4) is 22.3 Å². The molecule has 0 spiro atoms. The minimum Gasteiger partial charge on any atom is -0.0840 e. The van der Waals surface area contributed by atoms with Crippen LogP contribution in [0.2, 0.25) is 5.02 Å². The largest absolute Gasteiger partial charge is 0.0840 e. The van der Waals surface area contributed by atoms with Crippen molar-refractivity contribution in [2.45, 2.75) is 24.7 Å². The van der Waals surface area contributed by atoms with Gasteiger partial charge >= 0.3 is 0 Å². The molecule has 35 heavy (non-hydrogen) atoms. The Balaban J connectivity index is 1.64. The van der Waals surface area contributed by atoms with Gasteiger partial charge in [-0.15, -0.1) is 0 Å². The SMILES string of the molecule is CC1(C)c2ccccc2-c2cc(C3(c4ccccc4)c4ccccc4-c4ccccc43)c(Cl)cc21. The molecule has 168 valence electrons. The molecule has 0 N–H and O–H groups in total. The molecule has 0 atom stereocenters. The molecule has 0 saturated heterocycles. The molecule has 0 saturated carbocycles. The van der Waals surface area contributed by atoms with Crippen LogP contribution in [0.5, 0.6) is 0 Å². The molecule has 0 amide bonds. The zero-order valence-electron chi connectivity index (χ0n) is 19.8. The van der Waals surface area contributed by atoms with Crippen molar-refractivity contribution >= 4 is 11.6 Å². The average molecular weight is 469 g/mol. The number of halogens is 1. The lowest BCUT2D eigenvalue weighted by Crippen LogP contribution is -2.29. The summed E-state index contributed by atoms with van der Waals surface area (Å²) in [5.74, 6) is 0. The maximum atomic E-state index is 7.33. The van der Waals surface area contributed by atoms with Gasteiger partial charge in [0, 0.05) is 10.4 Å². The number of rotatable bonds is 2. The van der Waals surface area contributed by atoms with E-state index >= 15 is 0 Å². The van der Waals surface area contributed by atoms with Gasteiger partial charge in [-0.2, -0.15) is 0 Å². The van der Waals surface area contributed by atoms with Crippen molar-refractivity contribution in [1.29, 1.82) is 0 Å². The van der Waals surface area contributed by atoms with E-state index in [9.17, 15) is 0 Å². The number of fused-ring (bicyclic) bond motifs is 6. The predicted molar refractivity (Wildman–Crippen MR) is 146 cm³/mol. The first kappa shape index (κ1) is 20.7. The van der Waals surface area contributed by atoms with E-state index in [0.717, 1.165) is 10.6 Å². The molecule has 0 fully saturated rings. The molecule has 0 unspecified atom stereocenters. The van der Waals surface area contributed by atoms with Crippen molar-refractivity contribution in [3.63, 3.8) is 0 Å². The summed E-state index contributed by atoms with van der Waals surface area (Å²) in [4.78, 5) is 0. The predicted octanol–water partition coefficient (Wildman–Crippen LogP) is 9.01. The standard InChI is InChI=1S/C34H25Cl/c1-33(2)27-17-9-6-16-25(27)26-20-31(32(35)21-30(26)33)34(22-12-4-3-5-13-22)28-18-10-7-14-23(28)24-15-8-11-19-29(24)34/h3-21H,1-2H3. The lowest BCUT2D eigenvalue weighted by Gasteiger charge is -2.35. The van der Waals surface area contributed by atoms with Crippen LogP contribution in [0.25, 0.3) is 22.3 Å². The third kappa shape index (κ3) is 2.58. The first-order valence-corrected chi connectivity index (χ1v) is 12.6. The Hall–Kier alpha value is -3.61. The molecule has 0 bridgehead atoms. The number of hydrogen-bond donors (Lipinski definition) is 0. The van der Waals surface area contributed by atoms with E-state index in [-0.39, 0.29) is 5.41 Å². The molecule has 0 radical (unpaired) electrons. The van der Waals surface area contributed by atoms with E-state index in [4.69, 9.17) is 11.6 Å². The highest BCUT2D eigenvalue weighted by atomic mass is 35.5. The molecule has 5 aromatic carbocycles. The first-order chi connectivity index (χ1) is 17.0. The van der Waals surface area contributed by atoms with E-state index in [1.165, 1.54) is 50.1 Å². The molecular weight excluding hydrogens is 444 g/mol. The Morgan fingerprint density at radius 3 is 1.54 bits per heavy atom. The monoisotopic (exact) mass is 468 g/mol. The number of benzene rings is 5. The van der Waals surface area contributed by atoms with Gasteiger partial charge in [0.1, 0.15) is 0 Å². The maximum absolute atomic E-state index is 7.33. The third-order valence-corrected chi connectivity index (χ3v) is 8.55. The van der Waals surface area contributed by atoms with Gasteiger partial charge in [0.25, 0.3) is 0 Å². The van der Waals surface area contributed by atoms with Crippen LogP contribution in [0, 0.1) is 0 Å². The fourth-order valence-electron chi connectivity index (χ4n) is 6.69. The zero-order valence-corrected chi connectivity index (χ0v) is 20.6. The molecule has 0 aliphatic heterocycles. The van der Waals surface area contributed by atoms with Gasteiger partial charge in [-0.05, 0) is 67.8 Å². The summed E-state index contributed by atoms with van der Waals surface area (Å²) >= 11 is 7.33. The van der Waals surface area contributed by atoms with Crippen molar-refractivity contribution < 1.29 is 0 Å². The van der Waals surface area contributed by atoms with Crippen LogP contribution in [-0.4, -0.2) is 0 Å². The van der Waals surface area contributed by atoms with Crippen molar-refractivity contribution in [2.24, 2.45) is 0 Å². The second-order valence-corrected chi connectivity index (χ2v) is 10.7. The molecule has 0 heterocycles. The summed E-state index contributed by atoms with van der Waals surface area (Å²) in [5.41, 5.74) is 12.2. The summed E-state index contributed by atoms with van der Waals surface area (Å²) in [6, 6.07) is 41.9. The van der Waals surface area contributed by atoms with Crippen LogP contribution in [0.3, 0.4) is 0 Å². The molecule has 1 heteroatoms. The van der Waals surface area contributed by atoms with E-state index < -0.39 is 5.41 Å². The normalized spacial score (nSPS) is 15.7. The van der Waals surface area contributed by atoms with Gasteiger partial charge < -0.3 is 0 Å². The van der Waals surface area contributed by atoms with Gasteiger partial charge in [0.2, 0.25) is 0 Å². The molecule has 0 aromatic heterocycles. The summed E-state index contributed by atoms with van der Waals surface area (Å²) in [5, 5.41) is 0.819. The first-order valence-electron chi connectivity index (χ1n) is 12.2. The molecule has 0 nitrogen and oxygen atoms in total. The highest BCUT2D eigenvalue weighted by molar-refractivity contribution is 6.32. The molecule has 2 aliphatic carbocycles. The Morgan fingerprint density at radius 1 is 0.457 bits per heavy atom. The van der Waals surface area contributed by atoms with E-state index in [1.54, 1.807) is 0 Å². The highest BCUT2D eigenvalue weighted by Crippen LogP contribution is 2.59. The number of hydrogen-bond acceptors (Lipinski definition) is 0. The average Bonchev–Trinajstić information content (AvgIpc) is 3.31. The minimum atomic E-state index is -0.484. The lowest BCUT2D eigenvalue weighted by molar-refractivity contribution is 0.659. The van der Waals surface area contributed by atoms with Crippen LogP contribution in [0.4, 0.5) is 0 Å². The summed E-state index contributed by atoms with van der Waals surface area (Å²) in [6.45, 7) is 4.61. The lowest BCUT2D eigenvalue weighted by atomic mass is 9.67. The Morgan fingerprint density at radius 2 is 0.943 bits per heavy atom. The molecule has 2 aliphatic rings. The topological polar surface area (TPSA) is 0 Å². The van der Waals surface area contributed by atoms with E-state index in [0.29, 0.717) is 0 Å². The molecule has 7 rings (SSSR count). The van der Waals surface area contributed by atoms with E-state index in [2.05, 4.69) is 129 Å². The van der Waals surface area contributed by atoms with Gasteiger partial charge in [-0.3, -0.25) is 0 Å². The fourth-order valence-corrected chi connectivity index (χ4v) is 6.99. The van der Waals surface area contributed by atoms with Crippen LogP contribution < -0.4 is 0 Å². The summed E-state index contributed by atoms with van der Waals surface area (Å²) in [7, 11) is 0. The summed E-state index contributed by atoms with van der Waals surface area (Å²) in [6.07, 6.45) is 0. The second-order valence-electron chi connectivity index (χ2n) is 10.3. The molecular formula is C34H25Cl. The van der Waals surface area contributed by atoms with Crippen molar-refractivity contribution in [3.05, 3.63) is 154 Å². The highest BCUT2D eigenvalue weighted by Gasteiger charge is 2.48. The van der Waals surface area contributed by atoms with Gasteiger partial charge in [-0.25, -0.2) is 0 Å². The van der Waals surface area contributed by atoms with E-state index in [1.807, 2.05) is 0 Å².